The molecule has 2 aromatic rings. The van der Waals surface area contributed by atoms with Gasteiger partial charge in [0.05, 0.1) is 22.7 Å². The van der Waals surface area contributed by atoms with Gasteiger partial charge in [-0.25, -0.2) is 13.6 Å². The Morgan fingerprint density at radius 1 is 1.20 bits per heavy atom. The molecule has 1 aliphatic rings. The summed E-state index contributed by atoms with van der Waals surface area (Å²) < 4.78 is 22.6. The fraction of sp³-hybridized carbons (Fsp3) is 0.294. The number of nitrogens with zero attached hydrogens (tertiary/aromatic N) is 1. The molecule has 0 bridgehead atoms. The number of aromatic nitrogens is 1. The number of sulfonamides is 1. The molecule has 1 saturated carbocycles. The van der Waals surface area contributed by atoms with Crippen molar-refractivity contribution in [2.75, 3.05) is 0 Å². The molecule has 0 spiro atoms. The molecule has 4 N–H and O–H groups in total. The zero-order chi connectivity index (χ0) is 18.0. The minimum absolute atomic E-state index is 0.0487. The average Bonchev–Trinajstić information content (AvgIpc) is 2.57. The van der Waals surface area contributed by atoms with Gasteiger partial charge in [0.15, 0.2) is 0 Å². The van der Waals surface area contributed by atoms with Gasteiger partial charge in [0, 0.05) is 11.8 Å². The van der Waals surface area contributed by atoms with Gasteiger partial charge in [0.25, 0.3) is 5.91 Å². The summed E-state index contributed by atoms with van der Waals surface area (Å²) in [4.78, 5) is 16.8. The lowest BCUT2D eigenvalue weighted by Crippen LogP contribution is -2.41. The maximum absolute atomic E-state index is 12.5. The van der Waals surface area contributed by atoms with E-state index in [2.05, 4.69) is 10.3 Å². The molecule has 132 valence electrons. The van der Waals surface area contributed by atoms with Crippen LogP contribution in [0.25, 0.3) is 0 Å². The Kier molecular flexibility index (Phi) is 4.85. The molecular formula is C17H19N3O4S. The van der Waals surface area contributed by atoms with Gasteiger partial charge in [-0.3, -0.25) is 9.78 Å². The summed E-state index contributed by atoms with van der Waals surface area (Å²) in [6.45, 7) is 0. The Labute approximate surface area is 145 Å². The molecule has 1 aromatic heterocycles. The van der Waals surface area contributed by atoms with E-state index in [4.69, 9.17) is 5.14 Å². The molecule has 1 amide bonds. The number of aliphatic hydroxyl groups is 1. The molecule has 1 aliphatic carbocycles. The van der Waals surface area contributed by atoms with Crippen LogP contribution in [0.4, 0.5) is 0 Å². The fourth-order valence-corrected chi connectivity index (χ4v) is 3.43. The summed E-state index contributed by atoms with van der Waals surface area (Å²) in [7, 11) is -3.80. The highest BCUT2D eigenvalue weighted by Crippen LogP contribution is 2.37. The summed E-state index contributed by atoms with van der Waals surface area (Å²) >= 11 is 0. The number of pyridine rings is 1. The second kappa shape index (κ2) is 6.91. The number of hydrogen-bond acceptors (Lipinski definition) is 5. The number of carbonyl (C=O) groups is 1. The van der Waals surface area contributed by atoms with Crippen LogP contribution in [0.15, 0.2) is 53.6 Å². The van der Waals surface area contributed by atoms with Gasteiger partial charge >= 0.3 is 0 Å². The predicted octanol–water partition coefficient (Wildman–Crippen LogP) is 0.971. The minimum Gasteiger partial charge on any atom is -0.393 e. The number of primary sulfonamides is 1. The van der Waals surface area contributed by atoms with E-state index in [9.17, 15) is 18.3 Å². The lowest BCUT2D eigenvalue weighted by molar-refractivity contribution is 0.0228. The van der Waals surface area contributed by atoms with Crippen molar-refractivity contribution in [2.24, 2.45) is 11.1 Å². The van der Waals surface area contributed by atoms with Gasteiger partial charge in [-0.05, 0) is 55.2 Å². The van der Waals surface area contributed by atoms with Crippen LogP contribution in [0.3, 0.4) is 0 Å². The first-order valence-corrected chi connectivity index (χ1v) is 9.42. The van der Waals surface area contributed by atoms with Crippen molar-refractivity contribution in [1.82, 2.24) is 10.3 Å². The van der Waals surface area contributed by atoms with Crippen LogP contribution >= 0.6 is 0 Å². The molecule has 3 rings (SSSR count). The van der Waals surface area contributed by atoms with Crippen LogP contribution < -0.4 is 10.5 Å². The average molecular weight is 361 g/mol. The largest absolute Gasteiger partial charge is 0.393 e. The smallest absolute Gasteiger partial charge is 0.251 e. The molecule has 1 aromatic carbocycles. The van der Waals surface area contributed by atoms with Gasteiger partial charge in [-0.15, -0.1) is 0 Å². The minimum atomic E-state index is -3.80. The van der Waals surface area contributed by atoms with Crippen molar-refractivity contribution in [2.45, 2.75) is 29.9 Å². The van der Waals surface area contributed by atoms with Crippen molar-refractivity contribution in [3.05, 3.63) is 59.9 Å². The first-order valence-electron chi connectivity index (χ1n) is 7.87. The number of nitrogens with two attached hydrogens (primary N) is 1. The normalized spacial score (nSPS) is 21.2. The lowest BCUT2D eigenvalue weighted by atomic mass is 9.76. The molecule has 0 aliphatic heterocycles. The van der Waals surface area contributed by atoms with Crippen LogP contribution in [0.5, 0.6) is 0 Å². The highest BCUT2D eigenvalue weighted by molar-refractivity contribution is 7.89. The number of hydrogen-bond donors (Lipinski definition) is 3. The molecular weight excluding hydrogens is 342 g/mol. The van der Waals surface area contributed by atoms with Crippen LogP contribution in [0.2, 0.25) is 0 Å². The number of amides is 1. The Balaban J connectivity index is 1.78. The summed E-state index contributed by atoms with van der Waals surface area (Å²) in [5.41, 5.74) is 1.06. The molecule has 25 heavy (non-hydrogen) atoms. The van der Waals surface area contributed by atoms with E-state index in [1.165, 1.54) is 24.3 Å². The Morgan fingerprint density at radius 2 is 1.88 bits per heavy atom. The highest BCUT2D eigenvalue weighted by atomic mass is 32.2. The quantitative estimate of drug-likeness (QED) is 0.732. The first-order chi connectivity index (χ1) is 11.8. The molecule has 1 atom stereocenters. The van der Waals surface area contributed by atoms with Crippen molar-refractivity contribution in [1.29, 1.82) is 0 Å². The van der Waals surface area contributed by atoms with Crippen LogP contribution in [0, 0.1) is 5.92 Å². The zero-order valence-electron chi connectivity index (χ0n) is 13.4. The third kappa shape index (κ3) is 4.04. The summed E-state index contributed by atoms with van der Waals surface area (Å²) in [6, 6.07) is 10.6. The van der Waals surface area contributed by atoms with E-state index < -0.39 is 10.0 Å². The molecule has 8 heteroatoms. The van der Waals surface area contributed by atoms with E-state index in [0.717, 1.165) is 5.69 Å². The molecule has 7 nitrogen and oxygen atoms in total. The van der Waals surface area contributed by atoms with Gasteiger partial charge in [-0.2, -0.15) is 0 Å². The van der Waals surface area contributed by atoms with Crippen LogP contribution in [-0.2, 0) is 10.0 Å². The predicted molar refractivity (Wildman–Crippen MR) is 91.0 cm³/mol. The van der Waals surface area contributed by atoms with E-state index in [0.29, 0.717) is 18.4 Å². The second-order valence-corrected chi connectivity index (χ2v) is 7.72. The number of nitrogens with one attached hydrogen (secondary N) is 1. The first kappa shape index (κ1) is 17.5. The van der Waals surface area contributed by atoms with Crippen molar-refractivity contribution >= 4 is 15.9 Å². The third-order valence-corrected chi connectivity index (χ3v) is 5.29. The van der Waals surface area contributed by atoms with E-state index in [-0.39, 0.29) is 28.9 Å². The van der Waals surface area contributed by atoms with Crippen LogP contribution in [-0.4, -0.2) is 30.5 Å². The number of rotatable bonds is 5. The van der Waals surface area contributed by atoms with Crippen molar-refractivity contribution < 1.29 is 18.3 Å². The molecule has 0 saturated heterocycles. The van der Waals surface area contributed by atoms with Gasteiger partial charge < -0.3 is 10.4 Å². The molecule has 1 fully saturated rings. The van der Waals surface area contributed by atoms with Crippen LogP contribution in [0.1, 0.15) is 34.9 Å². The Morgan fingerprint density at radius 3 is 2.40 bits per heavy atom. The lowest BCUT2D eigenvalue weighted by Gasteiger charge is -2.37. The van der Waals surface area contributed by atoms with Gasteiger partial charge in [-0.1, -0.05) is 6.07 Å². The standard InChI is InChI=1S/C17H19N3O4S/c18-25(23,24)14-6-4-11(5-7-14)17(22)20-16(12-9-13(21)10-12)15-3-1-2-8-19-15/h1-8,12-13,16,21H,9-10H2,(H,20,22)(H2,18,23,24). The number of aliphatic hydroxyl groups excluding tert-OH is 1. The van der Waals surface area contributed by atoms with E-state index in [1.54, 1.807) is 12.3 Å². The monoisotopic (exact) mass is 361 g/mol. The third-order valence-electron chi connectivity index (χ3n) is 4.36. The second-order valence-electron chi connectivity index (χ2n) is 6.16. The number of carbonyl (C=O) groups excluding carboxylic acids is 1. The summed E-state index contributed by atoms with van der Waals surface area (Å²) in [6.07, 6.45) is 2.52. The topological polar surface area (TPSA) is 122 Å². The molecule has 1 unspecified atom stereocenters. The summed E-state index contributed by atoms with van der Waals surface area (Å²) in [5.74, 6) is -0.226. The Hall–Kier alpha value is -2.29. The summed E-state index contributed by atoms with van der Waals surface area (Å²) in [5, 5.41) is 17.6. The highest BCUT2D eigenvalue weighted by Gasteiger charge is 2.36. The fourth-order valence-electron chi connectivity index (χ4n) is 2.92. The van der Waals surface area contributed by atoms with E-state index in [1.807, 2.05) is 12.1 Å². The van der Waals surface area contributed by atoms with Gasteiger partial charge in [0.1, 0.15) is 0 Å². The molecule has 1 heterocycles. The van der Waals surface area contributed by atoms with E-state index >= 15 is 0 Å². The zero-order valence-corrected chi connectivity index (χ0v) is 14.2. The van der Waals surface area contributed by atoms with Crippen molar-refractivity contribution in [3.8, 4) is 0 Å². The SMILES string of the molecule is NS(=O)(=O)c1ccc(C(=O)NC(c2ccccn2)C2CC(O)C2)cc1. The molecule has 0 radical (unpaired) electrons. The van der Waals surface area contributed by atoms with Gasteiger partial charge in [0.2, 0.25) is 10.0 Å². The maximum Gasteiger partial charge on any atom is 0.251 e. The maximum atomic E-state index is 12.5. The Bertz CT molecular complexity index is 847. The number of benzene rings is 1. The van der Waals surface area contributed by atoms with Crippen molar-refractivity contribution in [3.63, 3.8) is 0 Å².